The van der Waals surface area contributed by atoms with Crippen molar-refractivity contribution >= 4 is 0 Å². The summed E-state index contributed by atoms with van der Waals surface area (Å²) in [6.07, 6.45) is 11.4. The second kappa shape index (κ2) is 4.27. The van der Waals surface area contributed by atoms with E-state index in [1.165, 1.54) is 44.7 Å². The first-order valence-electron chi connectivity index (χ1n) is 7.55. The Bertz CT molecular complexity index is 450. The fourth-order valence-corrected chi connectivity index (χ4v) is 5.17. The van der Waals surface area contributed by atoms with Crippen molar-refractivity contribution in [2.45, 2.75) is 50.6 Å². The van der Waals surface area contributed by atoms with Gasteiger partial charge in [-0.05, 0) is 67.9 Å². The minimum Gasteiger partial charge on any atom is -0.307 e. The van der Waals surface area contributed by atoms with Gasteiger partial charge in [-0.2, -0.15) is 0 Å². The molecule has 1 heterocycles. The molecule has 4 aliphatic carbocycles. The van der Waals surface area contributed by atoms with Gasteiger partial charge in [0.25, 0.3) is 0 Å². The highest BCUT2D eigenvalue weighted by Crippen LogP contribution is 2.55. The lowest BCUT2D eigenvalue weighted by Gasteiger charge is -2.57. The molecular weight excluding hydrogens is 239 g/mol. The Kier molecular flexibility index (Phi) is 2.66. The van der Waals surface area contributed by atoms with Crippen molar-refractivity contribution in [1.29, 1.82) is 0 Å². The summed E-state index contributed by atoms with van der Waals surface area (Å²) < 4.78 is 13.2. The smallest absolute Gasteiger partial charge is 0.141 e. The molecule has 2 nitrogen and oxygen atoms in total. The first-order chi connectivity index (χ1) is 9.21. The van der Waals surface area contributed by atoms with E-state index in [-0.39, 0.29) is 5.82 Å². The molecule has 102 valence electrons. The van der Waals surface area contributed by atoms with Gasteiger partial charge in [0.15, 0.2) is 0 Å². The lowest BCUT2D eigenvalue weighted by molar-refractivity contribution is -0.0206. The van der Waals surface area contributed by atoms with Crippen LogP contribution in [0.3, 0.4) is 0 Å². The van der Waals surface area contributed by atoms with Crippen molar-refractivity contribution in [3.63, 3.8) is 0 Å². The summed E-state index contributed by atoms with van der Waals surface area (Å²) in [4.78, 5) is 3.93. The van der Waals surface area contributed by atoms with Crippen LogP contribution in [0.2, 0.25) is 0 Å². The van der Waals surface area contributed by atoms with Crippen LogP contribution in [0.5, 0.6) is 0 Å². The number of aromatic nitrogens is 1. The van der Waals surface area contributed by atoms with Crippen LogP contribution in [0.15, 0.2) is 18.5 Å². The molecule has 4 aliphatic rings. The van der Waals surface area contributed by atoms with Gasteiger partial charge in [0.1, 0.15) is 5.82 Å². The number of nitrogens with zero attached hydrogens (tertiary/aromatic N) is 1. The molecule has 3 heteroatoms. The Balaban J connectivity index is 1.48. The van der Waals surface area contributed by atoms with Gasteiger partial charge in [-0.25, -0.2) is 4.39 Å². The third-order valence-electron chi connectivity index (χ3n) is 5.47. The molecule has 1 aromatic rings. The molecular formula is C16H21FN2. The van der Waals surface area contributed by atoms with Crippen molar-refractivity contribution in [3.8, 4) is 0 Å². The first kappa shape index (κ1) is 11.8. The number of pyridine rings is 1. The van der Waals surface area contributed by atoms with Gasteiger partial charge < -0.3 is 5.32 Å². The van der Waals surface area contributed by atoms with E-state index in [4.69, 9.17) is 0 Å². The van der Waals surface area contributed by atoms with E-state index in [0.717, 1.165) is 29.9 Å². The minimum atomic E-state index is -0.232. The van der Waals surface area contributed by atoms with Crippen molar-refractivity contribution in [2.24, 2.45) is 17.8 Å². The van der Waals surface area contributed by atoms with Crippen LogP contribution in [-0.2, 0) is 6.54 Å². The standard InChI is InChI=1S/C16H21FN2/c17-15-4-14(8-18-10-15)9-19-16-5-11-1-12(6-16)3-13(2-11)7-16/h4,8,10-13,19H,1-3,5-7,9H2. The van der Waals surface area contributed by atoms with E-state index in [0.29, 0.717) is 5.54 Å². The van der Waals surface area contributed by atoms with E-state index in [1.807, 2.05) is 0 Å². The van der Waals surface area contributed by atoms with Crippen LogP contribution < -0.4 is 5.32 Å². The Morgan fingerprint density at radius 2 is 1.74 bits per heavy atom. The summed E-state index contributed by atoms with van der Waals surface area (Å²) in [5, 5.41) is 3.76. The van der Waals surface area contributed by atoms with Gasteiger partial charge in [0.2, 0.25) is 0 Å². The lowest BCUT2D eigenvalue weighted by Crippen LogP contribution is -2.58. The number of rotatable bonds is 3. The lowest BCUT2D eigenvalue weighted by atomic mass is 9.53. The molecule has 0 amide bonds. The molecule has 5 rings (SSSR count). The van der Waals surface area contributed by atoms with Crippen LogP contribution >= 0.6 is 0 Å². The van der Waals surface area contributed by atoms with E-state index < -0.39 is 0 Å². The highest BCUT2D eigenvalue weighted by atomic mass is 19.1. The third-order valence-corrected chi connectivity index (χ3v) is 5.47. The fourth-order valence-electron chi connectivity index (χ4n) is 5.17. The van der Waals surface area contributed by atoms with E-state index in [1.54, 1.807) is 12.3 Å². The maximum atomic E-state index is 13.2. The van der Waals surface area contributed by atoms with Crippen molar-refractivity contribution < 1.29 is 4.39 Å². The van der Waals surface area contributed by atoms with Gasteiger partial charge in [-0.3, -0.25) is 4.98 Å². The van der Waals surface area contributed by atoms with Crippen molar-refractivity contribution in [1.82, 2.24) is 10.3 Å². The van der Waals surface area contributed by atoms with E-state index >= 15 is 0 Å². The number of halogens is 1. The molecule has 1 aromatic heterocycles. The largest absolute Gasteiger partial charge is 0.307 e. The highest BCUT2D eigenvalue weighted by Gasteiger charge is 2.50. The molecule has 0 aliphatic heterocycles. The SMILES string of the molecule is Fc1cncc(CNC23CC4CC(CC(C4)C2)C3)c1. The van der Waals surface area contributed by atoms with Gasteiger partial charge in [0, 0.05) is 18.3 Å². The predicted molar refractivity (Wildman–Crippen MR) is 71.9 cm³/mol. The zero-order valence-electron chi connectivity index (χ0n) is 11.2. The Morgan fingerprint density at radius 1 is 1.11 bits per heavy atom. The Hall–Kier alpha value is -0.960. The number of nitrogens with one attached hydrogen (secondary N) is 1. The normalized spacial score (nSPS) is 39.7. The number of hydrogen-bond donors (Lipinski definition) is 1. The molecule has 4 saturated carbocycles. The third kappa shape index (κ3) is 2.18. The molecule has 0 unspecified atom stereocenters. The fraction of sp³-hybridized carbons (Fsp3) is 0.688. The summed E-state index contributed by atoms with van der Waals surface area (Å²) in [5.74, 6) is 2.61. The molecule has 0 atom stereocenters. The maximum Gasteiger partial charge on any atom is 0.141 e. The summed E-state index contributed by atoms with van der Waals surface area (Å²) >= 11 is 0. The molecule has 0 aromatic carbocycles. The number of hydrogen-bond acceptors (Lipinski definition) is 2. The summed E-state index contributed by atoms with van der Waals surface area (Å²) in [7, 11) is 0. The van der Waals surface area contributed by atoms with Gasteiger partial charge in [-0.1, -0.05) is 0 Å². The van der Waals surface area contributed by atoms with Crippen LogP contribution in [-0.4, -0.2) is 10.5 Å². The Labute approximate surface area is 113 Å². The van der Waals surface area contributed by atoms with Crippen LogP contribution in [0.4, 0.5) is 4.39 Å². The Morgan fingerprint density at radius 3 is 2.32 bits per heavy atom. The van der Waals surface area contributed by atoms with Gasteiger partial charge in [0.05, 0.1) is 6.20 Å². The zero-order chi connectivity index (χ0) is 12.9. The second-order valence-corrected chi connectivity index (χ2v) is 7.06. The highest BCUT2D eigenvalue weighted by molar-refractivity contribution is 5.12. The van der Waals surface area contributed by atoms with Crippen molar-refractivity contribution in [3.05, 3.63) is 29.8 Å². The topological polar surface area (TPSA) is 24.9 Å². The monoisotopic (exact) mass is 260 g/mol. The molecule has 1 N–H and O–H groups in total. The van der Waals surface area contributed by atoms with Crippen LogP contribution in [0.25, 0.3) is 0 Å². The zero-order valence-corrected chi connectivity index (χ0v) is 11.2. The van der Waals surface area contributed by atoms with E-state index in [2.05, 4.69) is 10.3 Å². The van der Waals surface area contributed by atoms with Crippen LogP contribution in [0, 0.1) is 23.6 Å². The average molecular weight is 260 g/mol. The molecule has 0 spiro atoms. The first-order valence-corrected chi connectivity index (χ1v) is 7.55. The van der Waals surface area contributed by atoms with E-state index in [9.17, 15) is 4.39 Å². The summed E-state index contributed by atoms with van der Waals surface area (Å²) in [6.45, 7) is 0.761. The summed E-state index contributed by atoms with van der Waals surface area (Å²) in [5.41, 5.74) is 1.32. The van der Waals surface area contributed by atoms with Crippen LogP contribution in [0.1, 0.15) is 44.1 Å². The maximum absolute atomic E-state index is 13.2. The summed E-state index contributed by atoms with van der Waals surface area (Å²) in [6, 6.07) is 1.60. The quantitative estimate of drug-likeness (QED) is 0.902. The molecule has 0 saturated heterocycles. The molecule has 4 bridgehead atoms. The van der Waals surface area contributed by atoms with Crippen molar-refractivity contribution in [2.75, 3.05) is 0 Å². The molecule has 0 radical (unpaired) electrons. The minimum absolute atomic E-state index is 0.232. The predicted octanol–water partition coefficient (Wildman–Crippen LogP) is 3.28. The average Bonchev–Trinajstić information content (AvgIpc) is 2.35. The molecule has 4 fully saturated rings. The van der Waals surface area contributed by atoms with Gasteiger partial charge in [-0.15, -0.1) is 0 Å². The second-order valence-electron chi connectivity index (χ2n) is 7.06. The van der Waals surface area contributed by atoms with Gasteiger partial charge >= 0.3 is 0 Å². The molecule has 19 heavy (non-hydrogen) atoms.